The molecule has 0 saturated carbocycles. The second-order valence-corrected chi connectivity index (χ2v) is 3.41. The third-order valence-corrected chi connectivity index (χ3v) is 2.73. The molecule has 0 bridgehead atoms. The second-order valence-electron chi connectivity index (χ2n) is 3.41. The maximum Gasteiger partial charge on any atom is 0.0827 e. The summed E-state index contributed by atoms with van der Waals surface area (Å²) in [6, 6.07) is 6.48. The van der Waals surface area contributed by atoms with Crippen LogP contribution in [0.25, 0.3) is 0 Å². The summed E-state index contributed by atoms with van der Waals surface area (Å²) in [6.45, 7) is 6.18. The van der Waals surface area contributed by atoms with Gasteiger partial charge in [-0.1, -0.05) is 32.0 Å². The summed E-state index contributed by atoms with van der Waals surface area (Å²) < 4.78 is 5.39. The van der Waals surface area contributed by atoms with Gasteiger partial charge in [-0.3, -0.25) is 0 Å². The average molecular weight is 192 g/mol. The summed E-state index contributed by atoms with van der Waals surface area (Å²) in [5.74, 6) is 0. The fourth-order valence-corrected chi connectivity index (χ4v) is 2.04. The van der Waals surface area contributed by atoms with E-state index in [2.05, 4.69) is 25.1 Å². The molecule has 1 aromatic rings. The second kappa shape index (κ2) is 5.16. The van der Waals surface area contributed by atoms with Gasteiger partial charge < -0.3 is 4.74 Å². The van der Waals surface area contributed by atoms with E-state index in [1.165, 1.54) is 23.1 Å². The molecule has 0 N–H and O–H groups in total. The highest BCUT2D eigenvalue weighted by molar-refractivity contribution is 5.39. The molecule has 0 spiro atoms. The summed E-state index contributed by atoms with van der Waals surface area (Å²) in [5, 5.41) is 0. The largest absolute Gasteiger partial charge is 0.377 e. The van der Waals surface area contributed by atoms with Crippen LogP contribution in [0.2, 0.25) is 0 Å². The number of aryl methyl sites for hydroxylation is 1. The van der Waals surface area contributed by atoms with Crippen LogP contribution < -0.4 is 0 Å². The van der Waals surface area contributed by atoms with Gasteiger partial charge in [0.05, 0.1) is 6.10 Å². The van der Waals surface area contributed by atoms with Gasteiger partial charge in [-0.05, 0) is 36.5 Å². The van der Waals surface area contributed by atoms with Gasteiger partial charge in [0.1, 0.15) is 0 Å². The van der Waals surface area contributed by atoms with Crippen LogP contribution in [-0.2, 0) is 11.2 Å². The number of fused-ring (bicyclic) bond motifs is 1. The Kier molecular flexibility index (Phi) is 4.15. The molecule has 0 fully saturated rings. The van der Waals surface area contributed by atoms with Gasteiger partial charge in [0.15, 0.2) is 0 Å². The van der Waals surface area contributed by atoms with Crippen molar-refractivity contribution in [1.29, 1.82) is 0 Å². The van der Waals surface area contributed by atoms with Gasteiger partial charge in [-0.2, -0.15) is 0 Å². The highest BCUT2D eigenvalue weighted by Crippen LogP contribution is 2.34. The van der Waals surface area contributed by atoms with E-state index in [9.17, 15) is 0 Å². The lowest BCUT2D eigenvalue weighted by Gasteiger charge is -2.09. The van der Waals surface area contributed by atoms with E-state index < -0.39 is 0 Å². The quantitative estimate of drug-likeness (QED) is 0.660. The van der Waals surface area contributed by atoms with Crippen molar-refractivity contribution in [2.24, 2.45) is 0 Å². The Morgan fingerprint density at radius 3 is 2.64 bits per heavy atom. The van der Waals surface area contributed by atoms with E-state index in [0.717, 1.165) is 6.42 Å². The van der Waals surface area contributed by atoms with Crippen LogP contribution >= 0.6 is 0 Å². The van der Waals surface area contributed by atoms with Crippen LogP contribution in [0.15, 0.2) is 18.2 Å². The molecule has 0 heterocycles. The molecule has 0 amide bonds. The summed E-state index contributed by atoms with van der Waals surface area (Å²) in [7, 11) is 1.79. The average Bonchev–Trinajstić information content (AvgIpc) is 2.65. The molecule has 2 rings (SSSR count). The van der Waals surface area contributed by atoms with E-state index in [0.29, 0.717) is 6.10 Å². The molecule has 0 aromatic heterocycles. The monoisotopic (exact) mass is 192 g/mol. The van der Waals surface area contributed by atoms with Crippen LogP contribution in [0.3, 0.4) is 0 Å². The molecule has 1 atom stereocenters. The smallest absolute Gasteiger partial charge is 0.0827 e. The Balaban J connectivity index is 0.000000461. The number of methoxy groups -OCH3 is 1. The summed E-state index contributed by atoms with van der Waals surface area (Å²) >= 11 is 0. The Bertz CT molecular complexity index is 291. The first-order valence-electron chi connectivity index (χ1n) is 5.44. The van der Waals surface area contributed by atoms with Gasteiger partial charge in [0.25, 0.3) is 0 Å². The first-order valence-corrected chi connectivity index (χ1v) is 5.44. The fourth-order valence-electron chi connectivity index (χ4n) is 2.04. The minimum absolute atomic E-state index is 0.347. The molecular formula is C13H20O. The Labute approximate surface area is 87.1 Å². The molecule has 0 radical (unpaired) electrons. The van der Waals surface area contributed by atoms with Gasteiger partial charge >= 0.3 is 0 Å². The summed E-state index contributed by atoms with van der Waals surface area (Å²) in [5.41, 5.74) is 4.31. The molecular weight excluding hydrogens is 172 g/mol. The van der Waals surface area contributed by atoms with E-state index in [4.69, 9.17) is 4.74 Å². The Morgan fingerprint density at radius 2 is 2.00 bits per heavy atom. The first kappa shape index (κ1) is 11.3. The van der Waals surface area contributed by atoms with Crippen LogP contribution in [0.1, 0.15) is 43.1 Å². The molecule has 1 aromatic carbocycles. The van der Waals surface area contributed by atoms with E-state index in [1.54, 1.807) is 7.11 Å². The highest BCUT2D eigenvalue weighted by Gasteiger charge is 2.22. The highest BCUT2D eigenvalue weighted by atomic mass is 16.5. The van der Waals surface area contributed by atoms with E-state index >= 15 is 0 Å². The standard InChI is InChI=1S/C11H14O.C2H6/c1-8-4-3-5-10-9(8)6-7-11(10)12-2;1-2/h3-5,11H,6-7H2,1-2H3;1-2H3. The molecule has 1 aliphatic carbocycles. The van der Waals surface area contributed by atoms with Crippen molar-refractivity contribution in [3.8, 4) is 0 Å². The molecule has 0 aliphatic heterocycles. The third kappa shape index (κ3) is 1.98. The zero-order valence-electron chi connectivity index (χ0n) is 9.63. The predicted molar refractivity (Wildman–Crippen MR) is 60.6 cm³/mol. The zero-order chi connectivity index (χ0) is 10.6. The van der Waals surface area contributed by atoms with Crippen LogP contribution in [0, 0.1) is 6.92 Å². The lowest BCUT2D eigenvalue weighted by molar-refractivity contribution is 0.105. The number of rotatable bonds is 1. The first-order chi connectivity index (χ1) is 6.83. The number of hydrogen-bond donors (Lipinski definition) is 0. The van der Waals surface area contributed by atoms with Crippen LogP contribution in [-0.4, -0.2) is 7.11 Å². The van der Waals surface area contributed by atoms with Crippen molar-refractivity contribution in [3.05, 3.63) is 34.9 Å². The van der Waals surface area contributed by atoms with Crippen molar-refractivity contribution < 1.29 is 4.74 Å². The van der Waals surface area contributed by atoms with Gasteiger partial charge in [-0.15, -0.1) is 0 Å². The predicted octanol–water partition coefficient (Wildman–Crippen LogP) is 3.65. The normalized spacial score (nSPS) is 18.4. The SMILES string of the molecule is CC.COC1CCc2c(C)cccc21. The lowest BCUT2D eigenvalue weighted by atomic mass is 10.0. The Hall–Kier alpha value is -0.820. The van der Waals surface area contributed by atoms with E-state index in [-0.39, 0.29) is 0 Å². The van der Waals surface area contributed by atoms with Gasteiger partial charge in [-0.25, -0.2) is 0 Å². The van der Waals surface area contributed by atoms with Crippen LogP contribution in [0.5, 0.6) is 0 Å². The zero-order valence-corrected chi connectivity index (χ0v) is 9.63. The summed E-state index contributed by atoms with van der Waals surface area (Å²) in [4.78, 5) is 0. The van der Waals surface area contributed by atoms with Gasteiger partial charge in [0, 0.05) is 7.11 Å². The molecule has 1 nitrogen and oxygen atoms in total. The van der Waals surface area contributed by atoms with Crippen molar-refractivity contribution >= 4 is 0 Å². The molecule has 1 aliphatic rings. The topological polar surface area (TPSA) is 9.23 Å². The van der Waals surface area contributed by atoms with Crippen molar-refractivity contribution in [2.45, 2.75) is 39.7 Å². The maximum atomic E-state index is 5.39. The van der Waals surface area contributed by atoms with Crippen molar-refractivity contribution in [1.82, 2.24) is 0 Å². The molecule has 0 saturated heterocycles. The molecule has 14 heavy (non-hydrogen) atoms. The minimum atomic E-state index is 0.347. The van der Waals surface area contributed by atoms with Crippen molar-refractivity contribution in [2.75, 3.05) is 7.11 Å². The maximum absolute atomic E-state index is 5.39. The summed E-state index contributed by atoms with van der Waals surface area (Å²) in [6.07, 6.45) is 2.68. The minimum Gasteiger partial charge on any atom is -0.377 e. The van der Waals surface area contributed by atoms with Gasteiger partial charge in [0.2, 0.25) is 0 Å². The molecule has 1 unspecified atom stereocenters. The number of ether oxygens (including phenoxy) is 1. The van der Waals surface area contributed by atoms with Crippen LogP contribution in [0.4, 0.5) is 0 Å². The fraction of sp³-hybridized carbons (Fsp3) is 0.538. The number of hydrogen-bond acceptors (Lipinski definition) is 1. The number of benzene rings is 1. The third-order valence-electron chi connectivity index (χ3n) is 2.73. The lowest BCUT2D eigenvalue weighted by Crippen LogP contribution is -1.95. The van der Waals surface area contributed by atoms with E-state index in [1.807, 2.05) is 13.8 Å². The molecule has 78 valence electrons. The molecule has 1 heteroatoms. The van der Waals surface area contributed by atoms with Crippen molar-refractivity contribution in [3.63, 3.8) is 0 Å². The Morgan fingerprint density at radius 1 is 1.29 bits per heavy atom.